The Labute approximate surface area is 126 Å². The molecule has 0 amide bonds. The zero-order valence-electron chi connectivity index (χ0n) is 12.4. The van der Waals surface area contributed by atoms with Crippen LogP contribution < -0.4 is 5.32 Å². The van der Waals surface area contributed by atoms with Crippen LogP contribution in [0.15, 0.2) is 30.5 Å². The van der Waals surface area contributed by atoms with Crippen molar-refractivity contribution >= 4 is 11.6 Å². The molecule has 0 aliphatic carbocycles. The standard InChI is InChI=1S/C16H22ClN3/c1-4-16-14(9-18-12(2)3)10-19-20(16)11-13-5-7-15(17)8-6-13/h5-8,10,12,18H,4,9,11H2,1-3H3. The molecule has 2 rings (SSSR count). The molecule has 1 heterocycles. The predicted molar refractivity (Wildman–Crippen MR) is 84.1 cm³/mol. The van der Waals surface area contributed by atoms with E-state index < -0.39 is 0 Å². The van der Waals surface area contributed by atoms with Gasteiger partial charge in [-0.15, -0.1) is 0 Å². The van der Waals surface area contributed by atoms with Gasteiger partial charge in [0.15, 0.2) is 0 Å². The highest BCUT2D eigenvalue weighted by molar-refractivity contribution is 6.30. The maximum absolute atomic E-state index is 5.92. The zero-order valence-corrected chi connectivity index (χ0v) is 13.1. The molecule has 1 aromatic heterocycles. The fraction of sp³-hybridized carbons (Fsp3) is 0.438. The summed E-state index contributed by atoms with van der Waals surface area (Å²) in [4.78, 5) is 0. The van der Waals surface area contributed by atoms with Crippen LogP contribution in [0.3, 0.4) is 0 Å². The van der Waals surface area contributed by atoms with Crippen LogP contribution in [0.1, 0.15) is 37.6 Å². The maximum Gasteiger partial charge on any atom is 0.0662 e. The lowest BCUT2D eigenvalue weighted by atomic mass is 10.2. The lowest BCUT2D eigenvalue weighted by molar-refractivity contribution is 0.582. The van der Waals surface area contributed by atoms with E-state index >= 15 is 0 Å². The van der Waals surface area contributed by atoms with Gasteiger partial charge in [-0.2, -0.15) is 5.10 Å². The molecule has 3 nitrogen and oxygen atoms in total. The van der Waals surface area contributed by atoms with Crippen LogP contribution in [0.2, 0.25) is 5.02 Å². The van der Waals surface area contributed by atoms with Crippen molar-refractivity contribution < 1.29 is 0 Å². The summed E-state index contributed by atoms with van der Waals surface area (Å²) in [5.41, 5.74) is 3.80. The van der Waals surface area contributed by atoms with Gasteiger partial charge >= 0.3 is 0 Å². The van der Waals surface area contributed by atoms with E-state index in [1.165, 1.54) is 16.8 Å². The smallest absolute Gasteiger partial charge is 0.0662 e. The van der Waals surface area contributed by atoms with Crippen LogP contribution in [0.25, 0.3) is 0 Å². The number of hydrogen-bond acceptors (Lipinski definition) is 2. The van der Waals surface area contributed by atoms with E-state index in [0.717, 1.165) is 24.5 Å². The molecule has 0 atom stereocenters. The SMILES string of the molecule is CCc1c(CNC(C)C)cnn1Cc1ccc(Cl)cc1. The summed E-state index contributed by atoms with van der Waals surface area (Å²) in [7, 11) is 0. The van der Waals surface area contributed by atoms with Crippen LogP contribution >= 0.6 is 11.6 Å². The number of hydrogen-bond donors (Lipinski definition) is 1. The van der Waals surface area contributed by atoms with Crippen LogP contribution in [-0.2, 0) is 19.5 Å². The molecule has 108 valence electrons. The van der Waals surface area contributed by atoms with Crippen molar-refractivity contribution in [2.24, 2.45) is 0 Å². The molecule has 4 heteroatoms. The van der Waals surface area contributed by atoms with Crippen molar-refractivity contribution in [1.82, 2.24) is 15.1 Å². The highest BCUT2D eigenvalue weighted by Crippen LogP contribution is 2.14. The van der Waals surface area contributed by atoms with E-state index in [9.17, 15) is 0 Å². The summed E-state index contributed by atoms with van der Waals surface area (Å²) in [6.45, 7) is 8.16. The molecule has 0 radical (unpaired) electrons. The Bertz CT molecular complexity index is 543. The second kappa shape index (κ2) is 6.91. The maximum atomic E-state index is 5.92. The fourth-order valence-corrected chi connectivity index (χ4v) is 2.35. The van der Waals surface area contributed by atoms with E-state index in [1.807, 2.05) is 18.3 Å². The number of nitrogens with one attached hydrogen (secondary N) is 1. The van der Waals surface area contributed by atoms with E-state index in [0.29, 0.717) is 6.04 Å². The van der Waals surface area contributed by atoms with Crippen LogP contribution in [0.5, 0.6) is 0 Å². The highest BCUT2D eigenvalue weighted by Gasteiger charge is 2.09. The summed E-state index contributed by atoms with van der Waals surface area (Å²) in [5, 5.41) is 8.75. The van der Waals surface area contributed by atoms with Gasteiger partial charge in [0.1, 0.15) is 0 Å². The topological polar surface area (TPSA) is 29.9 Å². The van der Waals surface area contributed by atoms with Crippen molar-refractivity contribution in [3.05, 3.63) is 52.3 Å². The van der Waals surface area contributed by atoms with Crippen molar-refractivity contribution in [1.29, 1.82) is 0 Å². The van der Waals surface area contributed by atoms with Crippen molar-refractivity contribution in [3.63, 3.8) is 0 Å². The second-order valence-corrected chi connectivity index (χ2v) is 5.73. The first-order valence-electron chi connectivity index (χ1n) is 7.11. The average molecular weight is 292 g/mol. The minimum Gasteiger partial charge on any atom is -0.310 e. The molecule has 0 aliphatic heterocycles. The molecule has 0 bridgehead atoms. The number of nitrogens with zero attached hydrogens (tertiary/aromatic N) is 2. The summed E-state index contributed by atoms with van der Waals surface area (Å²) in [5.74, 6) is 0. The number of rotatable bonds is 6. The lowest BCUT2D eigenvalue weighted by Gasteiger charge is -2.10. The molecule has 0 saturated heterocycles. The lowest BCUT2D eigenvalue weighted by Crippen LogP contribution is -2.22. The quantitative estimate of drug-likeness (QED) is 0.880. The van der Waals surface area contributed by atoms with Crippen LogP contribution in [0.4, 0.5) is 0 Å². The highest BCUT2D eigenvalue weighted by atomic mass is 35.5. The van der Waals surface area contributed by atoms with Crippen molar-refractivity contribution in [3.8, 4) is 0 Å². The Kier molecular flexibility index (Phi) is 5.21. The zero-order chi connectivity index (χ0) is 14.5. The van der Waals surface area contributed by atoms with Gasteiger partial charge in [0.25, 0.3) is 0 Å². The molecule has 1 N–H and O–H groups in total. The van der Waals surface area contributed by atoms with Gasteiger partial charge in [-0.1, -0.05) is 44.5 Å². The Balaban J connectivity index is 2.13. The Morgan fingerprint density at radius 3 is 2.55 bits per heavy atom. The summed E-state index contributed by atoms with van der Waals surface area (Å²) >= 11 is 5.92. The van der Waals surface area contributed by atoms with E-state index in [2.05, 4.69) is 48.0 Å². The average Bonchev–Trinajstić information content (AvgIpc) is 2.81. The van der Waals surface area contributed by atoms with Crippen molar-refractivity contribution in [2.75, 3.05) is 0 Å². The molecule has 1 aromatic carbocycles. The van der Waals surface area contributed by atoms with Crippen LogP contribution in [0, 0.1) is 0 Å². The molecule has 0 saturated carbocycles. The molecule has 0 spiro atoms. The Hall–Kier alpha value is -1.32. The fourth-order valence-electron chi connectivity index (χ4n) is 2.22. The minimum absolute atomic E-state index is 0.485. The van der Waals surface area contributed by atoms with Gasteiger partial charge in [-0.3, -0.25) is 4.68 Å². The summed E-state index contributed by atoms with van der Waals surface area (Å²) < 4.78 is 2.08. The van der Waals surface area contributed by atoms with Crippen molar-refractivity contribution in [2.45, 2.75) is 46.3 Å². The van der Waals surface area contributed by atoms with E-state index in [1.54, 1.807) is 0 Å². The minimum atomic E-state index is 0.485. The molecule has 0 fully saturated rings. The van der Waals surface area contributed by atoms with Gasteiger partial charge in [-0.05, 0) is 24.1 Å². The first-order chi connectivity index (χ1) is 9.60. The van der Waals surface area contributed by atoms with Gasteiger partial charge in [0.2, 0.25) is 0 Å². The number of aromatic nitrogens is 2. The van der Waals surface area contributed by atoms with Gasteiger partial charge in [-0.25, -0.2) is 0 Å². The molecule has 2 aromatic rings. The number of benzene rings is 1. The molecule has 20 heavy (non-hydrogen) atoms. The Morgan fingerprint density at radius 2 is 1.95 bits per heavy atom. The molecule has 0 unspecified atom stereocenters. The van der Waals surface area contributed by atoms with Gasteiger partial charge < -0.3 is 5.32 Å². The summed E-state index contributed by atoms with van der Waals surface area (Å²) in [6.07, 6.45) is 2.97. The third-order valence-corrected chi connectivity index (χ3v) is 3.57. The van der Waals surface area contributed by atoms with E-state index in [4.69, 9.17) is 11.6 Å². The van der Waals surface area contributed by atoms with Gasteiger partial charge in [0, 0.05) is 28.9 Å². The van der Waals surface area contributed by atoms with Crippen LogP contribution in [-0.4, -0.2) is 15.8 Å². The van der Waals surface area contributed by atoms with E-state index in [-0.39, 0.29) is 0 Å². The third-order valence-electron chi connectivity index (χ3n) is 3.32. The molecular formula is C16H22ClN3. The third kappa shape index (κ3) is 3.84. The normalized spacial score (nSPS) is 11.2. The predicted octanol–water partition coefficient (Wildman–Crippen LogP) is 3.65. The number of halogens is 1. The first kappa shape index (κ1) is 15.1. The Morgan fingerprint density at radius 1 is 1.25 bits per heavy atom. The molecule has 0 aliphatic rings. The van der Waals surface area contributed by atoms with Gasteiger partial charge in [0.05, 0.1) is 12.7 Å². The first-order valence-corrected chi connectivity index (χ1v) is 7.49. The monoisotopic (exact) mass is 291 g/mol. The molecular weight excluding hydrogens is 270 g/mol. The second-order valence-electron chi connectivity index (χ2n) is 5.29. The summed E-state index contributed by atoms with van der Waals surface area (Å²) in [6, 6.07) is 8.44. The largest absolute Gasteiger partial charge is 0.310 e.